The summed E-state index contributed by atoms with van der Waals surface area (Å²) in [5.74, 6) is 0.155. The second-order valence-corrected chi connectivity index (χ2v) is 9.07. The number of carbonyl (C=O) groups excluding carboxylic acids is 1. The zero-order chi connectivity index (χ0) is 24.5. The summed E-state index contributed by atoms with van der Waals surface area (Å²) in [5, 5.41) is 2.57. The standard InChI is InChI=1S/C27H25ClF3NO2/c1-16-12-20(34-11-10-18-6-4-3-5-7-18)13-17(2)25(16)26(33)32-24-14-21(19-8-9-19)23(28)15-22(24)27(29,30)31/h3-7,12-15,19H,8-11H2,1-2H3,(H,32,33). The van der Waals surface area contributed by atoms with Crippen LogP contribution in [0.15, 0.2) is 54.6 Å². The fourth-order valence-electron chi connectivity index (χ4n) is 4.12. The molecule has 0 atom stereocenters. The van der Waals surface area contributed by atoms with Gasteiger partial charge >= 0.3 is 6.18 Å². The number of aryl methyl sites for hydroxylation is 2. The maximum absolute atomic E-state index is 13.7. The fourth-order valence-corrected chi connectivity index (χ4v) is 4.43. The van der Waals surface area contributed by atoms with E-state index in [1.54, 1.807) is 26.0 Å². The number of ether oxygens (including phenoxy) is 1. The number of carbonyl (C=O) groups is 1. The van der Waals surface area contributed by atoms with Gasteiger partial charge in [-0.25, -0.2) is 0 Å². The van der Waals surface area contributed by atoms with Crippen molar-refractivity contribution in [2.45, 2.75) is 45.2 Å². The SMILES string of the molecule is Cc1cc(OCCc2ccccc2)cc(C)c1C(=O)Nc1cc(C2CC2)c(Cl)cc1C(F)(F)F. The van der Waals surface area contributed by atoms with Gasteiger partial charge in [-0.1, -0.05) is 41.9 Å². The van der Waals surface area contributed by atoms with E-state index in [1.807, 2.05) is 30.3 Å². The van der Waals surface area contributed by atoms with Crippen LogP contribution in [-0.2, 0) is 12.6 Å². The minimum Gasteiger partial charge on any atom is -0.493 e. The molecule has 0 aromatic heterocycles. The Labute approximate surface area is 201 Å². The molecule has 7 heteroatoms. The second-order valence-electron chi connectivity index (χ2n) is 8.66. The van der Waals surface area contributed by atoms with Crippen molar-refractivity contribution in [1.82, 2.24) is 0 Å². The summed E-state index contributed by atoms with van der Waals surface area (Å²) < 4.78 is 46.8. The van der Waals surface area contributed by atoms with Gasteiger partial charge in [-0.05, 0) is 79.1 Å². The molecule has 1 amide bonds. The van der Waals surface area contributed by atoms with Crippen molar-refractivity contribution < 1.29 is 22.7 Å². The average Bonchev–Trinajstić information content (AvgIpc) is 3.59. The van der Waals surface area contributed by atoms with Gasteiger partial charge in [0.1, 0.15) is 5.75 Å². The summed E-state index contributed by atoms with van der Waals surface area (Å²) in [5.41, 5.74) is 2.14. The Balaban J connectivity index is 1.53. The zero-order valence-electron chi connectivity index (χ0n) is 18.9. The predicted molar refractivity (Wildman–Crippen MR) is 128 cm³/mol. The number of nitrogens with one attached hydrogen (secondary N) is 1. The number of amides is 1. The van der Waals surface area contributed by atoms with Crippen LogP contribution in [0.3, 0.4) is 0 Å². The van der Waals surface area contributed by atoms with Gasteiger partial charge in [0.2, 0.25) is 0 Å². The minimum absolute atomic E-state index is 0.0807. The first-order chi connectivity index (χ1) is 16.1. The molecule has 0 aliphatic heterocycles. The monoisotopic (exact) mass is 487 g/mol. The van der Waals surface area contributed by atoms with Crippen molar-refractivity contribution in [3.63, 3.8) is 0 Å². The van der Waals surface area contributed by atoms with Crippen molar-refractivity contribution in [3.05, 3.63) is 93.0 Å². The van der Waals surface area contributed by atoms with Crippen LogP contribution in [0.2, 0.25) is 5.02 Å². The van der Waals surface area contributed by atoms with Crippen LogP contribution in [0.1, 0.15) is 56.9 Å². The Hall–Kier alpha value is -2.99. The number of anilines is 1. The molecular weight excluding hydrogens is 463 g/mol. The summed E-state index contributed by atoms with van der Waals surface area (Å²) in [6, 6.07) is 15.7. The van der Waals surface area contributed by atoms with Crippen LogP contribution in [0.5, 0.6) is 5.75 Å². The van der Waals surface area contributed by atoms with Crippen LogP contribution in [-0.4, -0.2) is 12.5 Å². The van der Waals surface area contributed by atoms with E-state index < -0.39 is 17.6 Å². The lowest BCUT2D eigenvalue weighted by molar-refractivity contribution is -0.136. The first-order valence-electron chi connectivity index (χ1n) is 11.1. The van der Waals surface area contributed by atoms with Crippen molar-refractivity contribution >= 4 is 23.2 Å². The van der Waals surface area contributed by atoms with E-state index in [-0.39, 0.29) is 16.6 Å². The van der Waals surface area contributed by atoms with E-state index in [0.717, 1.165) is 30.9 Å². The van der Waals surface area contributed by atoms with Gasteiger partial charge in [0.05, 0.1) is 17.9 Å². The summed E-state index contributed by atoms with van der Waals surface area (Å²) in [6.45, 7) is 3.96. The molecule has 0 bridgehead atoms. The van der Waals surface area contributed by atoms with E-state index in [1.165, 1.54) is 6.07 Å². The largest absolute Gasteiger partial charge is 0.493 e. The highest BCUT2D eigenvalue weighted by Crippen LogP contribution is 2.47. The number of hydrogen-bond acceptors (Lipinski definition) is 2. The number of alkyl halides is 3. The fraction of sp³-hybridized carbons (Fsp3) is 0.296. The van der Waals surface area contributed by atoms with Crippen LogP contribution in [0.25, 0.3) is 0 Å². The van der Waals surface area contributed by atoms with Crippen molar-refractivity contribution in [1.29, 1.82) is 0 Å². The third-order valence-electron chi connectivity index (χ3n) is 5.94. The van der Waals surface area contributed by atoms with Crippen LogP contribution in [0.4, 0.5) is 18.9 Å². The number of hydrogen-bond donors (Lipinski definition) is 1. The van der Waals surface area contributed by atoms with Crippen molar-refractivity contribution in [3.8, 4) is 5.75 Å². The Morgan fingerprint density at radius 2 is 1.71 bits per heavy atom. The summed E-state index contributed by atoms with van der Waals surface area (Å²) in [4.78, 5) is 13.1. The molecule has 3 aromatic rings. The molecule has 3 nitrogen and oxygen atoms in total. The van der Waals surface area contributed by atoms with E-state index in [2.05, 4.69) is 5.32 Å². The summed E-state index contributed by atoms with van der Waals surface area (Å²) in [6.07, 6.45) is -2.15. The molecule has 0 radical (unpaired) electrons. The molecule has 34 heavy (non-hydrogen) atoms. The molecule has 1 fully saturated rings. The number of halogens is 4. The Morgan fingerprint density at radius 3 is 2.29 bits per heavy atom. The maximum Gasteiger partial charge on any atom is 0.418 e. The van der Waals surface area contributed by atoms with Gasteiger partial charge in [-0.3, -0.25) is 4.79 Å². The third kappa shape index (κ3) is 5.55. The topological polar surface area (TPSA) is 38.3 Å². The molecule has 0 heterocycles. The molecule has 0 unspecified atom stereocenters. The highest BCUT2D eigenvalue weighted by molar-refractivity contribution is 6.31. The molecule has 4 rings (SSSR count). The van der Waals surface area contributed by atoms with Gasteiger partial charge in [-0.15, -0.1) is 0 Å². The number of benzene rings is 3. The van der Waals surface area contributed by atoms with E-state index in [4.69, 9.17) is 16.3 Å². The molecule has 0 spiro atoms. The first-order valence-corrected chi connectivity index (χ1v) is 11.5. The quantitative estimate of drug-likeness (QED) is 0.370. The van der Waals surface area contributed by atoms with Gasteiger partial charge in [0.15, 0.2) is 0 Å². The third-order valence-corrected chi connectivity index (χ3v) is 6.27. The maximum atomic E-state index is 13.7. The van der Waals surface area contributed by atoms with Gasteiger partial charge in [0, 0.05) is 17.0 Å². The molecule has 1 aliphatic rings. The Morgan fingerprint density at radius 1 is 1.06 bits per heavy atom. The van der Waals surface area contributed by atoms with E-state index >= 15 is 0 Å². The Bertz CT molecular complexity index is 1180. The highest BCUT2D eigenvalue weighted by atomic mass is 35.5. The number of rotatable bonds is 7. The normalized spacial score (nSPS) is 13.6. The zero-order valence-corrected chi connectivity index (χ0v) is 19.7. The van der Waals surface area contributed by atoms with Crippen molar-refractivity contribution in [2.24, 2.45) is 0 Å². The molecular formula is C27H25ClF3NO2. The van der Waals surface area contributed by atoms with Gasteiger partial charge in [-0.2, -0.15) is 13.2 Å². The van der Waals surface area contributed by atoms with E-state index in [9.17, 15) is 18.0 Å². The lowest BCUT2D eigenvalue weighted by Gasteiger charge is -2.18. The van der Waals surface area contributed by atoms with Crippen LogP contribution >= 0.6 is 11.6 Å². The molecule has 0 saturated heterocycles. The lowest BCUT2D eigenvalue weighted by atomic mass is 10.0. The van der Waals surface area contributed by atoms with Crippen LogP contribution in [0, 0.1) is 13.8 Å². The lowest BCUT2D eigenvalue weighted by Crippen LogP contribution is -2.19. The second kappa shape index (κ2) is 9.71. The van der Waals surface area contributed by atoms with Crippen LogP contribution < -0.4 is 10.1 Å². The molecule has 3 aromatic carbocycles. The summed E-state index contributed by atoms with van der Waals surface area (Å²) in [7, 11) is 0. The first kappa shape index (κ1) is 24.1. The smallest absolute Gasteiger partial charge is 0.418 e. The van der Waals surface area contributed by atoms with Gasteiger partial charge < -0.3 is 10.1 Å². The van der Waals surface area contributed by atoms with Crippen molar-refractivity contribution in [2.75, 3.05) is 11.9 Å². The molecule has 178 valence electrons. The van der Waals surface area contributed by atoms with Gasteiger partial charge in [0.25, 0.3) is 5.91 Å². The predicted octanol–water partition coefficient (Wildman–Crippen LogP) is 7.73. The molecule has 1 aliphatic carbocycles. The minimum atomic E-state index is -4.64. The highest BCUT2D eigenvalue weighted by Gasteiger charge is 2.37. The summed E-state index contributed by atoms with van der Waals surface area (Å²) >= 11 is 6.12. The average molecular weight is 488 g/mol. The van der Waals surface area contributed by atoms with E-state index in [0.29, 0.717) is 34.6 Å². The Kier molecular flexibility index (Phi) is 6.89. The molecule has 1 saturated carbocycles. The molecule has 1 N–H and O–H groups in total.